The molecule has 2 fully saturated rings. The molecule has 4 heterocycles. The van der Waals surface area contributed by atoms with Gasteiger partial charge in [0.1, 0.15) is 12.2 Å². The Hall–Kier alpha value is -1.87. The maximum atomic E-state index is 9.09. The van der Waals surface area contributed by atoms with Gasteiger partial charge in [-0.2, -0.15) is 0 Å². The highest BCUT2D eigenvalue weighted by atomic mass is 16.3. The molecule has 0 bridgehead atoms. The number of aromatic nitrogens is 1. The lowest BCUT2D eigenvalue weighted by Crippen LogP contribution is -2.48. The predicted octanol–water partition coefficient (Wildman–Crippen LogP) is 1.10. The van der Waals surface area contributed by atoms with Crippen molar-refractivity contribution in [3.63, 3.8) is 0 Å². The largest absolute Gasteiger partial charge is 0.395 e. The van der Waals surface area contributed by atoms with Crippen LogP contribution >= 0.6 is 0 Å². The van der Waals surface area contributed by atoms with Crippen LogP contribution in [0, 0.1) is 11.8 Å². The fourth-order valence-corrected chi connectivity index (χ4v) is 5.13. The minimum Gasteiger partial charge on any atom is -0.395 e. The molecule has 0 spiro atoms. The molecule has 0 aromatic carbocycles. The fourth-order valence-electron chi connectivity index (χ4n) is 5.13. The second-order valence-electron chi connectivity index (χ2n) is 8.44. The van der Waals surface area contributed by atoms with Gasteiger partial charge in [-0.1, -0.05) is 0 Å². The summed E-state index contributed by atoms with van der Waals surface area (Å²) in [6.07, 6.45) is 8.89. The molecule has 4 N–H and O–H groups in total. The van der Waals surface area contributed by atoms with E-state index in [2.05, 4.69) is 36.8 Å². The van der Waals surface area contributed by atoms with Crippen LogP contribution in [0.15, 0.2) is 23.0 Å². The van der Waals surface area contributed by atoms with Crippen molar-refractivity contribution in [2.45, 2.75) is 25.7 Å². The molecule has 3 aliphatic heterocycles. The van der Waals surface area contributed by atoms with E-state index in [0.717, 1.165) is 44.5 Å². The van der Waals surface area contributed by atoms with Crippen LogP contribution in [0.4, 0.5) is 5.82 Å². The average molecular weight is 386 g/mol. The van der Waals surface area contributed by atoms with Crippen LogP contribution < -0.4 is 11.0 Å². The molecule has 8 heteroatoms. The number of fused-ring (bicyclic) bond motifs is 3. The first-order valence-corrected chi connectivity index (χ1v) is 10.6. The second-order valence-corrected chi connectivity index (χ2v) is 8.44. The number of aromatic amines is 1. The van der Waals surface area contributed by atoms with Crippen LogP contribution in [0.3, 0.4) is 0 Å². The highest BCUT2D eigenvalue weighted by Gasteiger charge is 2.34. The van der Waals surface area contributed by atoms with E-state index >= 15 is 0 Å². The van der Waals surface area contributed by atoms with Crippen LogP contribution in [-0.4, -0.2) is 77.1 Å². The fraction of sp³-hybridized carbons (Fsp3) is 0.650. The first-order valence-electron chi connectivity index (χ1n) is 10.6. The zero-order valence-corrected chi connectivity index (χ0v) is 16.4. The summed E-state index contributed by atoms with van der Waals surface area (Å²) in [5.74, 6) is 2.34. The Morgan fingerprint density at radius 2 is 1.86 bits per heavy atom. The lowest BCUT2D eigenvalue weighted by molar-refractivity contribution is 0.0931. The van der Waals surface area contributed by atoms with E-state index in [1.54, 1.807) is 0 Å². The van der Waals surface area contributed by atoms with Gasteiger partial charge in [0.2, 0.25) is 0 Å². The number of H-pyrrole nitrogens is 1. The minimum atomic E-state index is 0.276. The van der Waals surface area contributed by atoms with E-state index in [-0.39, 0.29) is 6.61 Å². The Balaban J connectivity index is 1.17. The Morgan fingerprint density at radius 1 is 1.07 bits per heavy atom. The second kappa shape index (κ2) is 7.87. The number of hydrogen-bond acceptors (Lipinski definition) is 7. The molecular weight excluding hydrogens is 354 g/mol. The van der Waals surface area contributed by atoms with Gasteiger partial charge in [0.15, 0.2) is 0 Å². The summed E-state index contributed by atoms with van der Waals surface area (Å²) in [4.78, 5) is 12.7. The molecule has 5 rings (SSSR count). The minimum absolute atomic E-state index is 0.276. The number of aliphatic hydroxyl groups excluding tert-OH is 1. The molecule has 4 aliphatic rings. The standard InChI is InChI=1S/C20H31N7O/c28-12-11-25-7-9-26(10-8-25)13-15-1-3-16(4-2-15)18-19-17-5-6-21-20(17)22-14-27(19)24-23-18/h5-6,14-16,21,23-24,28H,1-4,7-13H2. The number of nitrogens with zero attached hydrogens (tertiary/aromatic N) is 4. The zero-order valence-electron chi connectivity index (χ0n) is 16.4. The summed E-state index contributed by atoms with van der Waals surface area (Å²) >= 11 is 0. The van der Waals surface area contributed by atoms with E-state index in [1.807, 2.05) is 17.5 Å². The first-order chi connectivity index (χ1) is 13.8. The molecular formula is C20H31N7O. The number of allylic oxidation sites excluding steroid dienone is 1. The molecule has 0 amide bonds. The van der Waals surface area contributed by atoms with Crippen molar-refractivity contribution in [1.29, 1.82) is 0 Å². The first kappa shape index (κ1) is 18.2. The summed E-state index contributed by atoms with van der Waals surface area (Å²) < 4.78 is 0. The number of aliphatic hydroxyl groups is 1. The van der Waals surface area contributed by atoms with Crippen molar-refractivity contribution in [3.8, 4) is 0 Å². The Morgan fingerprint density at radius 3 is 2.64 bits per heavy atom. The Kier molecular flexibility index (Phi) is 5.11. The van der Waals surface area contributed by atoms with E-state index < -0.39 is 0 Å². The third kappa shape index (κ3) is 3.45. The lowest BCUT2D eigenvalue weighted by atomic mass is 9.79. The van der Waals surface area contributed by atoms with Crippen molar-refractivity contribution in [1.82, 2.24) is 30.8 Å². The van der Waals surface area contributed by atoms with E-state index in [9.17, 15) is 0 Å². The number of aliphatic imine (C=N–C) groups is 1. The molecule has 8 nitrogen and oxygen atoms in total. The maximum Gasteiger partial charge on any atom is 0.141 e. The third-order valence-corrected chi connectivity index (χ3v) is 6.74. The number of nitrogens with one attached hydrogen (secondary N) is 3. The highest BCUT2D eigenvalue weighted by molar-refractivity contribution is 5.87. The molecule has 152 valence electrons. The van der Waals surface area contributed by atoms with Gasteiger partial charge in [-0.15, -0.1) is 5.53 Å². The SMILES string of the molecule is OCCN1CCN(CC2CCC(C3=C4c5cc[nH]c5N=CN4NN3)CC2)CC1. The topological polar surface area (TPSA) is 82.2 Å². The van der Waals surface area contributed by atoms with Crippen LogP contribution in [0.25, 0.3) is 5.70 Å². The summed E-state index contributed by atoms with van der Waals surface area (Å²) in [6.45, 7) is 6.81. The molecule has 0 unspecified atom stereocenters. The van der Waals surface area contributed by atoms with Crippen LogP contribution in [0.5, 0.6) is 0 Å². The number of piperazine rings is 1. The van der Waals surface area contributed by atoms with Crippen molar-refractivity contribution >= 4 is 17.9 Å². The molecule has 0 radical (unpaired) electrons. The monoisotopic (exact) mass is 385 g/mol. The molecule has 1 saturated carbocycles. The number of hydrazine groups is 2. The van der Waals surface area contributed by atoms with E-state index in [0.29, 0.717) is 5.92 Å². The van der Waals surface area contributed by atoms with Gasteiger partial charge >= 0.3 is 0 Å². The number of β-amino-alcohol motifs (C(OH)–C–C–N with tert-alkyl or cyclic N) is 1. The molecule has 28 heavy (non-hydrogen) atoms. The summed E-state index contributed by atoms with van der Waals surface area (Å²) in [7, 11) is 0. The molecule has 0 atom stereocenters. The predicted molar refractivity (Wildman–Crippen MR) is 109 cm³/mol. The van der Waals surface area contributed by atoms with E-state index in [1.165, 1.54) is 49.2 Å². The van der Waals surface area contributed by atoms with Gasteiger partial charge < -0.3 is 20.4 Å². The lowest BCUT2D eigenvalue weighted by Gasteiger charge is -2.38. The van der Waals surface area contributed by atoms with Crippen LogP contribution in [0.2, 0.25) is 0 Å². The smallest absolute Gasteiger partial charge is 0.141 e. The summed E-state index contributed by atoms with van der Waals surface area (Å²) in [5, 5.41) is 11.1. The van der Waals surface area contributed by atoms with Crippen molar-refractivity contribution in [2.24, 2.45) is 16.8 Å². The molecule has 1 aromatic rings. The zero-order chi connectivity index (χ0) is 18.9. The van der Waals surface area contributed by atoms with Crippen molar-refractivity contribution in [2.75, 3.05) is 45.9 Å². The molecule has 1 saturated heterocycles. The quantitative estimate of drug-likeness (QED) is 0.608. The Bertz CT molecular complexity index is 741. The number of hydrogen-bond donors (Lipinski definition) is 4. The van der Waals surface area contributed by atoms with Gasteiger partial charge in [0, 0.05) is 56.9 Å². The highest BCUT2D eigenvalue weighted by Crippen LogP contribution is 2.40. The maximum absolute atomic E-state index is 9.09. The average Bonchev–Trinajstić information content (AvgIpc) is 3.36. The van der Waals surface area contributed by atoms with Gasteiger partial charge in [-0.05, 0) is 37.7 Å². The number of rotatable bonds is 5. The van der Waals surface area contributed by atoms with Gasteiger partial charge in [0.25, 0.3) is 0 Å². The van der Waals surface area contributed by atoms with Gasteiger partial charge in [0.05, 0.1) is 18.0 Å². The molecule has 1 aliphatic carbocycles. The van der Waals surface area contributed by atoms with E-state index in [4.69, 9.17) is 5.11 Å². The third-order valence-electron chi connectivity index (χ3n) is 6.74. The van der Waals surface area contributed by atoms with Gasteiger partial charge in [-0.25, -0.2) is 10.0 Å². The van der Waals surface area contributed by atoms with Crippen LogP contribution in [-0.2, 0) is 0 Å². The summed E-state index contributed by atoms with van der Waals surface area (Å²) in [5.41, 5.74) is 10.4. The van der Waals surface area contributed by atoms with Gasteiger partial charge in [-0.3, -0.25) is 4.90 Å². The van der Waals surface area contributed by atoms with Crippen LogP contribution in [0.1, 0.15) is 31.2 Å². The van der Waals surface area contributed by atoms with Crippen molar-refractivity contribution < 1.29 is 5.11 Å². The normalized spacial score (nSPS) is 28.4. The molecule has 1 aromatic heterocycles. The van der Waals surface area contributed by atoms with Crippen molar-refractivity contribution in [3.05, 3.63) is 23.5 Å². The Labute approximate surface area is 166 Å². The summed E-state index contributed by atoms with van der Waals surface area (Å²) in [6, 6.07) is 2.12.